The normalized spacial score (nSPS) is 21.0. The molecule has 0 aromatic heterocycles. The molecule has 1 rings (SSSR count). The molecule has 0 aromatic rings. The highest BCUT2D eigenvalue weighted by atomic mass is 127. The first kappa shape index (κ1) is 17.7. The highest BCUT2D eigenvalue weighted by molar-refractivity contribution is 14.0. The van der Waals surface area contributed by atoms with Gasteiger partial charge in [0, 0.05) is 26.2 Å². The molecule has 0 spiro atoms. The number of likely N-dealkylation sites (N-methyl/N-ethyl adjacent to an activating group) is 1. The molecule has 1 atom stereocenters. The Morgan fingerprint density at radius 3 is 2.94 bits per heavy atom. The summed E-state index contributed by atoms with van der Waals surface area (Å²) in [6.07, 6.45) is 2.02. The number of nitrogens with one attached hydrogen (secondary N) is 2. The molecule has 1 unspecified atom stereocenters. The van der Waals surface area contributed by atoms with Crippen molar-refractivity contribution in [2.75, 3.05) is 46.4 Å². The molecule has 6 heteroatoms. The highest BCUT2D eigenvalue weighted by Gasteiger charge is 2.17. The summed E-state index contributed by atoms with van der Waals surface area (Å²) in [4.78, 5) is 6.78. The lowest BCUT2D eigenvalue weighted by Crippen LogP contribution is -2.43. The van der Waals surface area contributed by atoms with Gasteiger partial charge in [-0.1, -0.05) is 6.08 Å². The molecule has 5 nitrogen and oxygen atoms in total. The van der Waals surface area contributed by atoms with Crippen LogP contribution in [0.3, 0.4) is 0 Å². The molecule has 0 aromatic carbocycles. The van der Waals surface area contributed by atoms with Gasteiger partial charge in [0.1, 0.15) is 0 Å². The van der Waals surface area contributed by atoms with Crippen molar-refractivity contribution in [3.8, 4) is 0 Å². The zero-order valence-corrected chi connectivity index (χ0v) is 13.6. The Morgan fingerprint density at radius 1 is 1.56 bits per heavy atom. The van der Waals surface area contributed by atoms with E-state index in [1.54, 1.807) is 0 Å². The third-order valence-electron chi connectivity index (χ3n) is 2.55. The number of guanidine groups is 1. The molecule has 1 aliphatic heterocycles. The van der Waals surface area contributed by atoms with Crippen LogP contribution < -0.4 is 10.6 Å². The first-order valence-electron chi connectivity index (χ1n) is 6.19. The summed E-state index contributed by atoms with van der Waals surface area (Å²) in [6, 6.07) is 0. The number of hydrogen-bond acceptors (Lipinski definition) is 3. The van der Waals surface area contributed by atoms with Gasteiger partial charge in [-0.25, -0.2) is 0 Å². The molecule has 0 radical (unpaired) electrons. The Kier molecular flexibility index (Phi) is 10.4. The first-order valence-corrected chi connectivity index (χ1v) is 6.19. The zero-order valence-electron chi connectivity index (χ0n) is 11.3. The van der Waals surface area contributed by atoms with Crippen LogP contribution in [0.2, 0.25) is 0 Å². The number of aliphatic imine (C=N–C) groups is 1. The van der Waals surface area contributed by atoms with E-state index in [2.05, 4.69) is 41.1 Å². The summed E-state index contributed by atoms with van der Waals surface area (Å²) in [5.41, 5.74) is 0. The van der Waals surface area contributed by atoms with Gasteiger partial charge in [-0.05, 0) is 14.0 Å². The van der Waals surface area contributed by atoms with Crippen molar-refractivity contribution in [2.45, 2.75) is 13.0 Å². The summed E-state index contributed by atoms with van der Waals surface area (Å²) in [6.45, 7) is 10.8. The molecule has 1 heterocycles. The van der Waals surface area contributed by atoms with Crippen molar-refractivity contribution in [3.05, 3.63) is 12.7 Å². The summed E-state index contributed by atoms with van der Waals surface area (Å²) < 4.78 is 5.66. The quantitative estimate of drug-likeness (QED) is 0.324. The first-order chi connectivity index (χ1) is 8.26. The van der Waals surface area contributed by atoms with E-state index in [9.17, 15) is 0 Å². The molecule has 0 bridgehead atoms. The van der Waals surface area contributed by atoms with Crippen LogP contribution in [-0.2, 0) is 4.74 Å². The number of morpholine rings is 1. The molecule has 0 aliphatic carbocycles. The second-order valence-electron chi connectivity index (χ2n) is 4.14. The minimum atomic E-state index is 0. The highest BCUT2D eigenvalue weighted by Crippen LogP contribution is 2.02. The van der Waals surface area contributed by atoms with Crippen molar-refractivity contribution >= 4 is 29.9 Å². The molecule has 0 amide bonds. The number of rotatable bonds is 5. The Hall–Kier alpha value is -0.340. The lowest BCUT2D eigenvalue weighted by atomic mass is 10.3. The van der Waals surface area contributed by atoms with Crippen LogP contribution in [0, 0.1) is 0 Å². The maximum Gasteiger partial charge on any atom is 0.191 e. The average Bonchev–Trinajstić information content (AvgIpc) is 2.33. The lowest BCUT2D eigenvalue weighted by molar-refractivity contribution is -0.0136. The number of nitrogens with zero attached hydrogens (tertiary/aromatic N) is 2. The molecule has 2 N–H and O–H groups in total. The predicted octanol–water partition coefficient (Wildman–Crippen LogP) is 0.676. The van der Waals surface area contributed by atoms with Crippen LogP contribution in [-0.4, -0.2) is 63.3 Å². The smallest absolute Gasteiger partial charge is 0.191 e. The van der Waals surface area contributed by atoms with Gasteiger partial charge in [0.25, 0.3) is 0 Å². The molecule has 1 saturated heterocycles. The second-order valence-corrected chi connectivity index (χ2v) is 4.14. The van der Waals surface area contributed by atoms with Crippen LogP contribution in [0.15, 0.2) is 17.6 Å². The van der Waals surface area contributed by atoms with E-state index in [1.165, 1.54) is 0 Å². The van der Waals surface area contributed by atoms with Crippen LogP contribution in [0.1, 0.15) is 6.92 Å². The third kappa shape index (κ3) is 7.17. The maximum absolute atomic E-state index is 5.66. The molecule has 1 aliphatic rings. The summed E-state index contributed by atoms with van der Waals surface area (Å²) >= 11 is 0. The predicted molar refractivity (Wildman–Crippen MR) is 86.8 cm³/mol. The van der Waals surface area contributed by atoms with E-state index in [0.717, 1.165) is 38.7 Å². The average molecular weight is 368 g/mol. The largest absolute Gasteiger partial charge is 0.374 e. The van der Waals surface area contributed by atoms with Gasteiger partial charge in [0.05, 0.1) is 19.3 Å². The van der Waals surface area contributed by atoms with E-state index in [-0.39, 0.29) is 30.1 Å². The van der Waals surface area contributed by atoms with E-state index in [1.807, 2.05) is 6.08 Å². The fraction of sp³-hybridized carbons (Fsp3) is 0.750. The minimum Gasteiger partial charge on any atom is -0.374 e. The lowest BCUT2D eigenvalue weighted by Gasteiger charge is -2.29. The van der Waals surface area contributed by atoms with Gasteiger partial charge in [0.2, 0.25) is 0 Å². The standard InChI is InChI=1S/C12H24N4O.HI/c1-4-6-14-12(13-5-2)15-9-11-10-16(3)7-8-17-11;/h4,11H,1,5-10H2,2-3H3,(H2,13,14,15);1H. The topological polar surface area (TPSA) is 48.9 Å². The van der Waals surface area contributed by atoms with Crippen molar-refractivity contribution in [1.29, 1.82) is 0 Å². The summed E-state index contributed by atoms with van der Waals surface area (Å²) in [7, 11) is 2.11. The number of ether oxygens (including phenoxy) is 1. The van der Waals surface area contributed by atoms with Crippen molar-refractivity contribution in [3.63, 3.8) is 0 Å². The van der Waals surface area contributed by atoms with Gasteiger partial charge >= 0.3 is 0 Å². The molecular weight excluding hydrogens is 343 g/mol. The maximum atomic E-state index is 5.66. The Morgan fingerprint density at radius 2 is 2.33 bits per heavy atom. The fourth-order valence-corrected chi connectivity index (χ4v) is 1.68. The van der Waals surface area contributed by atoms with Gasteiger partial charge < -0.3 is 20.3 Å². The van der Waals surface area contributed by atoms with Crippen LogP contribution >= 0.6 is 24.0 Å². The molecule has 18 heavy (non-hydrogen) atoms. The van der Waals surface area contributed by atoms with Crippen LogP contribution in [0.4, 0.5) is 0 Å². The van der Waals surface area contributed by atoms with Gasteiger partial charge in [-0.2, -0.15) is 0 Å². The van der Waals surface area contributed by atoms with E-state index < -0.39 is 0 Å². The molecule has 1 fully saturated rings. The number of hydrogen-bond donors (Lipinski definition) is 2. The molecule has 106 valence electrons. The second kappa shape index (κ2) is 10.6. The Balaban J connectivity index is 0.00000289. The van der Waals surface area contributed by atoms with Gasteiger partial charge in [-0.3, -0.25) is 4.99 Å². The van der Waals surface area contributed by atoms with E-state index >= 15 is 0 Å². The van der Waals surface area contributed by atoms with Crippen molar-refractivity contribution in [2.24, 2.45) is 4.99 Å². The Bertz CT molecular complexity index is 260. The molecule has 0 saturated carbocycles. The van der Waals surface area contributed by atoms with Gasteiger partial charge in [0.15, 0.2) is 5.96 Å². The van der Waals surface area contributed by atoms with Crippen molar-refractivity contribution in [1.82, 2.24) is 15.5 Å². The monoisotopic (exact) mass is 368 g/mol. The zero-order chi connectivity index (χ0) is 12.5. The van der Waals surface area contributed by atoms with E-state index in [0.29, 0.717) is 6.54 Å². The molecular formula is C12H25IN4O. The summed E-state index contributed by atoms with van der Waals surface area (Å²) in [5, 5.41) is 6.36. The SMILES string of the molecule is C=CCNC(=NCC1CN(C)CCO1)NCC.I. The van der Waals surface area contributed by atoms with E-state index in [4.69, 9.17) is 4.74 Å². The minimum absolute atomic E-state index is 0. The van der Waals surface area contributed by atoms with Gasteiger partial charge in [-0.15, -0.1) is 30.6 Å². The number of halogens is 1. The Labute approximate surface area is 127 Å². The third-order valence-corrected chi connectivity index (χ3v) is 2.55. The van der Waals surface area contributed by atoms with Crippen LogP contribution in [0.25, 0.3) is 0 Å². The fourth-order valence-electron chi connectivity index (χ4n) is 1.68. The summed E-state index contributed by atoms with van der Waals surface area (Å²) in [5.74, 6) is 0.823. The van der Waals surface area contributed by atoms with Crippen LogP contribution in [0.5, 0.6) is 0 Å². The van der Waals surface area contributed by atoms with Crippen molar-refractivity contribution < 1.29 is 4.74 Å².